The molecule has 2 heterocycles. The smallest absolute Gasteiger partial charge is 0.272 e. The lowest BCUT2D eigenvalue weighted by Gasteiger charge is -2.16. The van der Waals surface area contributed by atoms with Crippen molar-refractivity contribution < 1.29 is 4.92 Å². The molecule has 7 heteroatoms. The van der Waals surface area contributed by atoms with E-state index in [0.29, 0.717) is 5.56 Å². The van der Waals surface area contributed by atoms with Crippen LogP contribution in [0.5, 0.6) is 0 Å². The molecular formula is C18H25N5O2. The molecule has 0 amide bonds. The van der Waals surface area contributed by atoms with E-state index < -0.39 is 0 Å². The molecule has 0 spiro atoms. The van der Waals surface area contributed by atoms with E-state index in [1.807, 2.05) is 6.07 Å². The van der Waals surface area contributed by atoms with Crippen LogP contribution in [-0.2, 0) is 19.5 Å². The number of benzene rings is 1. The van der Waals surface area contributed by atoms with Crippen molar-refractivity contribution in [3.8, 4) is 11.3 Å². The normalized spacial score (nSPS) is 13.9. The maximum absolute atomic E-state index is 11.3. The van der Waals surface area contributed by atoms with Gasteiger partial charge in [0.2, 0.25) is 0 Å². The molecule has 1 aliphatic heterocycles. The first-order valence-electron chi connectivity index (χ1n) is 8.67. The number of nitro benzene ring substituents is 1. The van der Waals surface area contributed by atoms with Crippen molar-refractivity contribution in [1.29, 1.82) is 0 Å². The Balaban J connectivity index is 2.01. The van der Waals surface area contributed by atoms with Gasteiger partial charge in [-0.05, 0) is 34.0 Å². The van der Waals surface area contributed by atoms with Gasteiger partial charge in [-0.3, -0.25) is 14.8 Å². The number of hydrogen-bond acceptors (Lipinski definition) is 5. The summed E-state index contributed by atoms with van der Waals surface area (Å²) in [4.78, 5) is 13.1. The van der Waals surface area contributed by atoms with Gasteiger partial charge in [0.05, 0.1) is 10.6 Å². The topological polar surface area (TPSA) is 76.2 Å². The van der Waals surface area contributed by atoms with Crippen LogP contribution in [0.2, 0.25) is 0 Å². The van der Waals surface area contributed by atoms with Gasteiger partial charge in [-0.15, -0.1) is 0 Å². The highest BCUT2D eigenvalue weighted by Crippen LogP contribution is 2.33. The molecule has 1 aromatic heterocycles. The summed E-state index contributed by atoms with van der Waals surface area (Å²) in [5, 5.41) is 19.5. The van der Waals surface area contributed by atoms with Gasteiger partial charge in [0, 0.05) is 54.5 Å². The Kier molecular flexibility index (Phi) is 5.15. The molecular weight excluding hydrogens is 318 g/mol. The Morgan fingerprint density at radius 1 is 1.40 bits per heavy atom. The highest BCUT2D eigenvalue weighted by molar-refractivity contribution is 5.71. The fourth-order valence-corrected chi connectivity index (χ4v) is 3.44. The molecule has 0 radical (unpaired) electrons. The Morgan fingerprint density at radius 3 is 2.92 bits per heavy atom. The molecule has 1 aromatic carbocycles. The summed E-state index contributed by atoms with van der Waals surface area (Å²) < 4.78 is 2.10. The largest absolute Gasteiger partial charge is 0.312 e. The number of aryl methyl sites for hydroxylation is 1. The first kappa shape index (κ1) is 17.6. The lowest BCUT2D eigenvalue weighted by Crippen LogP contribution is -2.25. The van der Waals surface area contributed by atoms with Crippen LogP contribution in [0, 0.1) is 17.0 Å². The average Bonchev–Trinajstić information content (AvgIpc) is 2.93. The van der Waals surface area contributed by atoms with Crippen molar-refractivity contribution >= 4 is 5.69 Å². The van der Waals surface area contributed by atoms with Crippen LogP contribution >= 0.6 is 0 Å². The average molecular weight is 343 g/mol. The minimum absolute atomic E-state index is 0.150. The molecule has 134 valence electrons. The summed E-state index contributed by atoms with van der Waals surface area (Å²) in [5.74, 6) is 0. The molecule has 1 N–H and O–H groups in total. The molecule has 3 rings (SSSR count). The van der Waals surface area contributed by atoms with Gasteiger partial charge in [-0.1, -0.05) is 12.1 Å². The Morgan fingerprint density at radius 2 is 2.20 bits per heavy atom. The van der Waals surface area contributed by atoms with E-state index in [9.17, 15) is 10.1 Å². The van der Waals surface area contributed by atoms with Gasteiger partial charge in [0.1, 0.15) is 0 Å². The summed E-state index contributed by atoms with van der Waals surface area (Å²) in [7, 11) is 4.14. The van der Waals surface area contributed by atoms with Gasteiger partial charge in [0.25, 0.3) is 5.69 Å². The minimum Gasteiger partial charge on any atom is -0.312 e. The van der Waals surface area contributed by atoms with E-state index in [4.69, 9.17) is 5.10 Å². The number of fused-ring (bicyclic) bond motifs is 1. The minimum atomic E-state index is -0.322. The first-order valence-corrected chi connectivity index (χ1v) is 8.67. The molecule has 2 aromatic rings. The lowest BCUT2D eigenvalue weighted by atomic mass is 9.98. The van der Waals surface area contributed by atoms with Crippen molar-refractivity contribution in [3.63, 3.8) is 0 Å². The molecule has 0 unspecified atom stereocenters. The highest BCUT2D eigenvalue weighted by Gasteiger charge is 2.24. The second-order valence-electron chi connectivity index (χ2n) is 6.79. The first-order chi connectivity index (χ1) is 12.0. The van der Waals surface area contributed by atoms with Crippen molar-refractivity contribution in [2.45, 2.75) is 32.9 Å². The fraction of sp³-hybridized carbons (Fsp3) is 0.500. The summed E-state index contributed by atoms with van der Waals surface area (Å²) in [6.07, 6.45) is 1.97. The maximum Gasteiger partial charge on any atom is 0.272 e. The zero-order valence-corrected chi connectivity index (χ0v) is 15.1. The standard InChI is InChI=1S/C18H25N5O2/c1-13-14(6-4-7-16(13)23(24)25)18-15-12-19-9-8-17(15)22(20-18)11-5-10-21(2)3/h4,6-7,19H,5,8-12H2,1-3H3. The van der Waals surface area contributed by atoms with Crippen LogP contribution in [0.4, 0.5) is 5.69 Å². The van der Waals surface area contributed by atoms with Gasteiger partial charge < -0.3 is 10.2 Å². The molecule has 7 nitrogen and oxygen atoms in total. The second kappa shape index (κ2) is 7.33. The van der Waals surface area contributed by atoms with Crippen LogP contribution < -0.4 is 5.32 Å². The Labute approximate surface area is 147 Å². The van der Waals surface area contributed by atoms with E-state index >= 15 is 0 Å². The zero-order chi connectivity index (χ0) is 18.0. The van der Waals surface area contributed by atoms with Gasteiger partial charge in [0.15, 0.2) is 0 Å². The van der Waals surface area contributed by atoms with Gasteiger partial charge >= 0.3 is 0 Å². The van der Waals surface area contributed by atoms with Crippen LogP contribution in [0.3, 0.4) is 0 Å². The van der Waals surface area contributed by atoms with Crippen LogP contribution in [0.1, 0.15) is 23.2 Å². The van der Waals surface area contributed by atoms with Crippen LogP contribution in [0.25, 0.3) is 11.3 Å². The summed E-state index contributed by atoms with van der Waals surface area (Å²) in [6.45, 7) is 5.40. The summed E-state index contributed by atoms with van der Waals surface area (Å²) >= 11 is 0. The Bertz CT molecular complexity index is 782. The lowest BCUT2D eigenvalue weighted by molar-refractivity contribution is -0.385. The van der Waals surface area contributed by atoms with E-state index in [1.54, 1.807) is 19.1 Å². The van der Waals surface area contributed by atoms with Crippen molar-refractivity contribution in [2.75, 3.05) is 27.2 Å². The predicted octanol–water partition coefficient (Wildman–Crippen LogP) is 2.36. The summed E-state index contributed by atoms with van der Waals surface area (Å²) in [6, 6.07) is 5.23. The van der Waals surface area contributed by atoms with E-state index in [0.717, 1.165) is 50.3 Å². The number of nitrogens with zero attached hydrogens (tertiary/aromatic N) is 4. The molecule has 0 bridgehead atoms. The van der Waals surface area contributed by atoms with Crippen LogP contribution in [-0.4, -0.2) is 46.8 Å². The van der Waals surface area contributed by atoms with E-state index in [-0.39, 0.29) is 10.6 Å². The van der Waals surface area contributed by atoms with Crippen molar-refractivity contribution in [1.82, 2.24) is 20.0 Å². The second-order valence-corrected chi connectivity index (χ2v) is 6.79. The summed E-state index contributed by atoms with van der Waals surface area (Å²) in [5.41, 5.74) is 5.02. The Hall–Kier alpha value is -2.25. The van der Waals surface area contributed by atoms with E-state index in [2.05, 4.69) is 29.0 Å². The third-order valence-corrected chi connectivity index (χ3v) is 4.74. The van der Waals surface area contributed by atoms with Gasteiger partial charge in [-0.2, -0.15) is 5.10 Å². The SMILES string of the molecule is Cc1c(-c2nn(CCCN(C)C)c3c2CNCC3)cccc1[N+](=O)[O-]. The van der Waals surface area contributed by atoms with E-state index in [1.165, 1.54) is 11.3 Å². The van der Waals surface area contributed by atoms with Crippen LogP contribution in [0.15, 0.2) is 18.2 Å². The number of rotatable bonds is 6. The quantitative estimate of drug-likeness (QED) is 0.644. The molecule has 0 saturated carbocycles. The number of nitro groups is 1. The van der Waals surface area contributed by atoms with Crippen molar-refractivity contribution in [3.05, 3.63) is 45.1 Å². The monoisotopic (exact) mass is 343 g/mol. The number of hydrogen-bond donors (Lipinski definition) is 1. The van der Waals surface area contributed by atoms with Gasteiger partial charge in [-0.25, -0.2) is 0 Å². The predicted molar refractivity (Wildman–Crippen MR) is 97.6 cm³/mol. The number of aromatic nitrogens is 2. The molecule has 0 fully saturated rings. The molecule has 1 aliphatic rings. The number of nitrogens with one attached hydrogen (secondary N) is 1. The maximum atomic E-state index is 11.3. The third kappa shape index (κ3) is 3.57. The highest BCUT2D eigenvalue weighted by atomic mass is 16.6. The zero-order valence-electron chi connectivity index (χ0n) is 15.1. The molecule has 25 heavy (non-hydrogen) atoms. The third-order valence-electron chi connectivity index (χ3n) is 4.74. The molecule has 0 saturated heterocycles. The molecule has 0 aliphatic carbocycles. The van der Waals surface area contributed by atoms with Crippen molar-refractivity contribution in [2.24, 2.45) is 0 Å². The molecule has 0 atom stereocenters. The fourth-order valence-electron chi connectivity index (χ4n) is 3.44.